The maximum Gasteiger partial charge on any atom is 0.217 e. The number of para-hydroxylation sites is 1. The maximum absolute atomic E-state index is 10.1. The van der Waals surface area contributed by atoms with Gasteiger partial charge in [-0.1, -0.05) is 42.5 Å². The van der Waals surface area contributed by atoms with E-state index in [4.69, 9.17) is 9.73 Å². The first-order chi connectivity index (χ1) is 15.1. The Balaban J connectivity index is 0.00000216. The molecule has 0 saturated heterocycles. The van der Waals surface area contributed by atoms with Gasteiger partial charge >= 0.3 is 0 Å². The molecule has 0 bridgehead atoms. The summed E-state index contributed by atoms with van der Waals surface area (Å²) in [5.74, 6) is 1.13. The second-order valence-corrected chi connectivity index (χ2v) is 9.25. The van der Waals surface area contributed by atoms with Gasteiger partial charge in [0.1, 0.15) is 11.3 Å². The van der Waals surface area contributed by atoms with Gasteiger partial charge < -0.3 is 14.8 Å². The molecule has 32 heavy (non-hydrogen) atoms. The third kappa shape index (κ3) is 3.44. The largest absolute Gasteiger partial charge is 0.506 e. The molecule has 2 heterocycles. The third-order valence-electron chi connectivity index (χ3n) is 6.07. The zero-order valence-electron chi connectivity index (χ0n) is 17.2. The molecule has 0 spiro atoms. The number of pyridine rings is 1. The Kier molecular flexibility index (Phi) is 5.35. The number of aromatic nitrogens is 1. The maximum atomic E-state index is 10.1. The Labute approximate surface area is 205 Å². The molecule has 6 rings (SSSR count). The van der Waals surface area contributed by atoms with Gasteiger partial charge in [-0.3, -0.25) is 0 Å². The minimum absolute atomic E-state index is 0. The van der Waals surface area contributed by atoms with Crippen LogP contribution in [0.4, 0.5) is 0 Å². The summed E-state index contributed by atoms with van der Waals surface area (Å²) < 4.78 is 5.98. The molecule has 1 aromatic heterocycles. The second kappa shape index (κ2) is 8.06. The van der Waals surface area contributed by atoms with E-state index in [0.29, 0.717) is 22.4 Å². The number of ether oxygens (including phenoxy) is 1. The number of hydrogen-bond donors (Lipinski definition) is 1. The van der Waals surface area contributed by atoms with Crippen molar-refractivity contribution in [1.29, 1.82) is 0 Å². The van der Waals surface area contributed by atoms with Crippen LogP contribution in [0.15, 0.2) is 77.8 Å². The number of hydrogen-bond acceptors (Lipinski definition) is 5. The van der Waals surface area contributed by atoms with Crippen LogP contribution in [0.3, 0.4) is 0 Å². The molecular weight excluding hydrogens is 599 g/mol. The van der Waals surface area contributed by atoms with Gasteiger partial charge in [-0.15, -0.1) is 23.8 Å². The van der Waals surface area contributed by atoms with Gasteiger partial charge in [-0.25, -0.2) is 4.98 Å². The van der Waals surface area contributed by atoms with Crippen molar-refractivity contribution in [1.82, 2.24) is 4.98 Å². The van der Waals surface area contributed by atoms with Gasteiger partial charge in [0.25, 0.3) is 0 Å². The van der Waals surface area contributed by atoms with E-state index in [1.54, 1.807) is 18.2 Å². The average Bonchev–Trinajstić information content (AvgIpc) is 3.25. The van der Waals surface area contributed by atoms with E-state index >= 15 is 0 Å². The molecule has 4 nitrogen and oxygen atoms in total. The SMILES string of the molecule is C[C@@]12N=C(c3[c-]c(Oc4ccc5cccc(O)c5n4)ccc3)S[C@@H]1Cc1ccccc12.[Pt]. The number of nitrogens with zero attached hydrogens (tertiary/aromatic N) is 2. The zero-order valence-corrected chi connectivity index (χ0v) is 20.3. The van der Waals surface area contributed by atoms with E-state index in [0.717, 1.165) is 22.4 Å². The molecular formula is C26H19N2O2PtS-. The van der Waals surface area contributed by atoms with E-state index in [1.165, 1.54) is 11.1 Å². The molecule has 162 valence electrons. The molecule has 0 radical (unpaired) electrons. The number of thioether (sulfide) groups is 1. The number of aliphatic imine (C=N–C) groups is 1. The van der Waals surface area contributed by atoms with E-state index in [-0.39, 0.29) is 32.4 Å². The topological polar surface area (TPSA) is 54.7 Å². The van der Waals surface area contributed by atoms with Crippen LogP contribution in [0, 0.1) is 6.07 Å². The predicted octanol–water partition coefficient (Wildman–Crippen LogP) is 5.86. The van der Waals surface area contributed by atoms with Crippen molar-refractivity contribution in [2.45, 2.75) is 24.1 Å². The van der Waals surface area contributed by atoms with Crippen molar-refractivity contribution in [2.75, 3.05) is 0 Å². The quantitative estimate of drug-likeness (QED) is 0.292. The molecule has 3 aromatic carbocycles. The Bertz CT molecular complexity index is 1370. The summed E-state index contributed by atoms with van der Waals surface area (Å²) in [6, 6.07) is 26.8. The Morgan fingerprint density at radius 2 is 1.88 bits per heavy atom. The molecule has 1 aliphatic heterocycles. The minimum atomic E-state index is -0.196. The molecule has 1 N–H and O–H groups in total. The average molecular weight is 619 g/mol. The molecule has 1 aliphatic carbocycles. The van der Waals surface area contributed by atoms with Gasteiger partial charge in [-0.05, 0) is 36.6 Å². The first-order valence-electron chi connectivity index (χ1n) is 10.2. The van der Waals surface area contributed by atoms with Crippen LogP contribution in [0.5, 0.6) is 17.4 Å². The number of benzene rings is 3. The smallest absolute Gasteiger partial charge is 0.217 e. The van der Waals surface area contributed by atoms with Crippen LogP contribution in [0.2, 0.25) is 0 Å². The van der Waals surface area contributed by atoms with E-state index in [1.807, 2.05) is 42.1 Å². The van der Waals surface area contributed by atoms with E-state index < -0.39 is 0 Å². The Hall–Kier alpha value is -2.62. The summed E-state index contributed by atoms with van der Waals surface area (Å²) in [5, 5.41) is 12.3. The van der Waals surface area contributed by atoms with Crippen LogP contribution < -0.4 is 4.74 Å². The monoisotopic (exact) mass is 618 g/mol. The normalized spacial score (nSPS) is 20.9. The Morgan fingerprint density at radius 1 is 1.03 bits per heavy atom. The van der Waals surface area contributed by atoms with Crippen molar-refractivity contribution >= 4 is 27.7 Å². The van der Waals surface area contributed by atoms with E-state index in [9.17, 15) is 5.11 Å². The van der Waals surface area contributed by atoms with Gasteiger partial charge in [-0.2, -0.15) is 11.8 Å². The first-order valence-corrected chi connectivity index (χ1v) is 11.1. The number of rotatable bonds is 3. The van der Waals surface area contributed by atoms with Crippen molar-refractivity contribution in [2.24, 2.45) is 4.99 Å². The summed E-state index contributed by atoms with van der Waals surface area (Å²) in [5.41, 5.74) is 3.98. The molecule has 0 amide bonds. The van der Waals surface area contributed by atoms with Crippen molar-refractivity contribution in [3.63, 3.8) is 0 Å². The van der Waals surface area contributed by atoms with Crippen LogP contribution in [0.25, 0.3) is 10.9 Å². The summed E-state index contributed by atoms with van der Waals surface area (Å²) >= 11 is 1.82. The minimum Gasteiger partial charge on any atom is -0.506 e. The van der Waals surface area contributed by atoms with Crippen molar-refractivity contribution in [3.8, 4) is 17.4 Å². The fourth-order valence-corrected chi connectivity index (χ4v) is 5.89. The number of fused-ring (bicyclic) bond motifs is 4. The molecule has 0 saturated carbocycles. The van der Waals surface area contributed by atoms with Gasteiger partial charge in [0.2, 0.25) is 5.88 Å². The predicted molar refractivity (Wildman–Crippen MR) is 124 cm³/mol. The van der Waals surface area contributed by atoms with Crippen molar-refractivity contribution < 1.29 is 30.9 Å². The second-order valence-electron chi connectivity index (χ2n) is 8.06. The van der Waals surface area contributed by atoms with Gasteiger partial charge in [0.15, 0.2) is 0 Å². The number of aromatic hydroxyl groups is 1. The molecule has 2 atom stereocenters. The molecule has 2 aliphatic rings. The summed E-state index contributed by atoms with van der Waals surface area (Å²) in [6.07, 6.45) is 1.03. The number of phenols is 1. The zero-order chi connectivity index (χ0) is 21.0. The van der Waals surface area contributed by atoms with Gasteiger partial charge in [0.05, 0.1) is 5.54 Å². The summed E-state index contributed by atoms with van der Waals surface area (Å²) in [4.78, 5) is 9.59. The Morgan fingerprint density at radius 3 is 2.78 bits per heavy atom. The molecule has 0 fully saturated rings. The molecule has 6 heteroatoms. The standard InChI is InChI=1S/C26H19N2O2S.Pt/c1-26-20-10-3-2-6-17(20)15-22(26)31-25(28-26)18-8-4-9-19(14-18)30-23-13-12-16-7-5-11-21(29)24(16)27-23;/h2-13,22,29H,15H2,1H3;/q-1;/t22-,26+;/m1./s1. The van der Waals surface area contributed by atoms with E-state index in [2.05, 4.69) is 42.2 Å². The summed E-state index contributed by atoms with van der Waals surface area (Å²) in [7, 11) is 0. The van der Waals surface area contributed by atoms with Crippen LogP contribution >= 0.6 is 11.8 Å². The van der Waals surface area contributed by atoms with Crippen LogP contribution in [-0.4, -0.2) is 20.4 Å². The fourth-order valence-electron chi connectivity index (χ4n) is 4.46. The van der Waals surface area contributed by atoms with Gasteiger partial charge in [0, 0.05) is 48.6 Å². The van der Waals surface area contributed by atoms with Crippen molar-refractivity contribution in [3.05, 3.63) is 95.6 Å². The van der Waals surface area contributed by atoms with Crippen LogP contribution in [0.1, 0.15) is 23.6 Å². The fraction of sp³-hybridized carbons (Fsp3) is 0.154. The van der Waals surface area contributed by atoms with Crippen LogP contribution in [-0.2, 0) is 33.0 Å². The number of phenolic OH excluding ortho intramolecular Hbond substituents is 1. The summed E-state index contributed by atoms with van der Waals surface area (Å²) in [6.45, 7) is 2.23. The first kappa shape index (κ1) is 21.2. The molecule has 0 unspecified atom stereocenters. The molecule has 4 aromatic rings. The third-order valence-corrected chi connectivity index (χ3v) is 7.51.